The van der Waals surface area contributed by atoms with Crippen molar-refractivity contribution in [3.05, 3.63) is 0 Å². The zero-order chi connectivity index (χ0) is 2.00. The van der Waals surface area contributed by atoms with E-state index in [1.54, 1.807) is 0 Å². The van der Waals surface area contributed by atoms with Crippen LogP contribution in [-0.4, -0.2) is 0 Å². The van der Waals surface area contributed by atoms with Gasteiger partial charge < -0.3 is 1.43 Å². The smallest absolute Gasteiger partial charge is 1.00 e. The number of nitriles is 1. The van der Waals surface area contributed by atoms with Gasteiger partial charge in [0.05, 0.1) is 0 Å². The molecule has 0 saturated carbocycles. The normalized spacial score (nSPS) is 0.500. The maximum atomic E-state index is 6.50. The molecule has 0 rings (SSSR count). The fraction of sp³-hybridized carbons (Fsp3) is 0. The molecule has 4 heavy (non-hydrogen) atoms. The largest absolute Gasteiger partial charge is 1.00 e. The van der Waals surface area contributed by atoms with E-state index in [9.17, 15) is 0 Å². The van der Waals surface area contributed by atoms with Gasteiger partial charge in [-0.25, -0.2) is 5.26 Å². The summed E-state index contributed by atoms with van der Waals surface area (Å²) in [4.78, 5) is 0. The van der Waals surface area contributed by atoms with Crippen molar-refractivity contribution in [2.75, 3.05) is 0 Å². The second kappa shape index (κ2) is 19.6. The molecule has 0 bridgehead atoms. The maximum Gasteiger partial charge on any atom is 1.00 e. The molecule has 0 aliphatic heterocycles. The Morgan fingerprint density at radius 2 is 1.50 bits per heavy atom. The van der Waals surface area contributed by atoms with Gasteiger partial charge in [0.1, 0.15) is 0 Å². The van der Waals surface area contributed by atoms with Crippen molar-refractivity contribution in [3.8, 4) is 6.57 Å². The molecule has 14 valence electrons. The molecular weight excluding hydrogens is 266 g/mol. The fourth-order valence-electron chi connectivity index (χ4n) is 0. The molecular formula is CH2HgKN. The predicted molar refractivity (Wildman–Crippen MR) is 7.78 cm³/mol. The molecule has 0 N–H and O–H groups in total. The van der Waals surface area contributed by atoms with Crippen LogP contribution in [0.15, 0.2) is 0 Å². The maximum absolute atomic E-state index is 6.50. The molecule has 0 unspecified atom stereocenters. The zero-order valence-electron chi connectivity index (χ0n) is 3.73. The van der Waals surface area contributed by atoms with Crippen LogP contribution < -0.4 is 51.4 Å². The molecule has 0 aromatic carbocycles. The van der Waals surface area contributed by atoms with Gasteiger partial charge in [-0.05, 0) is 0 Å². The van der Waals surface area contributed by atoms with Gasteiger partial charge in [-0.3, -0.25) is 0 Å². The molecule has 3 heteroatoms. The minimum atomic E-state index is 0. The van der Waals surface area contributed by atoms with Crippen molar-refractivity contribution in [3.63, 3.8) is 0 Å². The fourth-order valence-corrected chi connectivity index (χ4v) is 0. The van der Waals surface area contributed by atoms with E-state index < -0.39 is 0 Å². The average Bonchev–Trinajstić information content (AvgIpc) is 1.00. The number of rotatable bonds is 0. The Labute approximate surface area is 90.2 Å². The number of nitrogens with zero attached hydrogens (tertiary/aromatic N) is 1. The first kappa shape index (κ1) is 16.6. The molecule has 0 radical (unpaired) electrons. The summed E-state index contributed by atoms with van der Waals surface area (Å²) in [6.07, 6.45) is 0. The van der Waals surface area contributed by atoms with E-state index in [0.29, 0.717) is 0 Å². The first-order valence-electron chi connectivity index (χ1n) is 0.258. The van der Waals surface area contributed by atoms with E-state index in [1.807, 2.05) is 0 Å². The van der Waals surface area contributed by atoms with E-state index >= 15 is 0 Å². The van der Waals surface area contributed by atoms with Gasteiger partial charge in [0.2, 0.25) is 0 Å². The van der Waals surface area contributed by atoms with E-state index in [-0.39, 0.29) is 80.5 Å². The first-order chi connectivity index (χ1) is 1.00. The predicted octanol–water partition coefficient (Wildman–Crippen LogP) is -2.75. The molecule has 1 nitrogen and oxygen atoms in total. The minimum Gasteiger partial charge on any atom is -1.00 e. The summed E-state index contributed by atoms with van der Waals surface area (Å²) in [6.45, 7) is 3.50. The topological polar surface area (TPSA) is 23.8 Å². The molecule has 0 aliphatic carbocycles. The molecule has 0 aromatic heterocycles. The van der Waals surface area contributed by atoms with Crippen LogP contribution in [-0.2, 0) is 27.7 Å². The third-order valence-corrected chi connectivity index (χ3v) is 0. The summed E-state index contributed by atoms with van der Waals surface area (Å²) in [5, 5.41) is 6.50. The van der Waals surface area contributed by atoms with Crippen molar-refractivity contribution in [1.82, 2.24) is 0 Å². The molecule has 0 saturated heterocycles. The van der Waals surface area contributed by atoms with E-state index in [2.05, 4.69) is 6.57 Å². The second-order valence-corrected chi connectivity index (χ2v) is 0. The van der Waals surface area contributed by atoms with Gasteiger partial charge in [-0.2, -0.15) is 0 Å². The van der Waals surface area contributed by atoms with Crippen LogP contribution in [0.4, 0.5) is 0 Å². The quantitative estimate of drug-likeness (QED) is 0.437. The van der Waals surface area contributed by atoms with Gasteiger partial charge in [-0.15, -0.1) is 0 Å². The standard InChI is InChI=1S/CHN.Hg.K.H/c1-2;;;/h1H;;;/q;;+1;-1. The van der Waals surface area contributed by atoms with Crippen LogP contribution in [0.3, 0.4) is 0 Å². The summed E-state index contributed by atoms with van der Waals surface area (Å²) >= 11 is 0. The number of hydrogen-bond acceptors (Lipinski definition) is 1. The molecule has 0 amide bonds. The Morgan fingerprint density at radius 3 is 1.50 bits per heavy atom. The van der Waals surface area contributed by atoms with Gasteiger partial charge in [0.15, 0.2) is 0 Å². The van der Waals surface area contributed by atoms with Gasteiger partial charge >= 0.3 is 51.4 Å². The monoisotopic (exact) mass is 269 g/mol. The Kier molecular flexibility index (Phi) is 81.4. The third kappa shape index (κ3) is 8.96. The van der Waals surface area contributed by atoms with Crippen LogP contribution in [0.2, 0.25) is 0 Å². The van der Waals surface area contributed by atoms with Crippen molar-refractivity contribution < 1.29 is 80.5 Å². The van der Waals surface area contributed by atoms with Gasteiger partial charge in [0.25, 0.3) is 0 Å². The van der Waals surface area contributed by atoms with Crippen molar-refractivity contribution in [1.29, 1.82) is 5.26 Å². The van der Waals surface area contributed by atoms with Crippen molar-refractivity contribution in [2.24, 2.45) is 0 Å². The van der Waals surface area contributed by atoms with Crippen LogP contribution in [0, 0.1) is 11.8 Å². The minimum absolute atomic E-state index is 0. The molecule has 0 atom stereocenters. The zero-order valence-corrected chi connectivity index (χ0v) is 11.4. The number of hydrogen-bond donors (Lipinski definition) is 0. The SMILES string of the molecule is C#N.[H-].[Hg].[K+]. The van der Waals surface area contributed by atoms with Gasteiger partial charge in [-0.1, -0.05) is 0 Å². The van der Waals surface area contributed by atoms with E-state index in [4.69, 9.17) is 5.26 Å². The van der Waals surface area contributed by atoms with Gasteiger partial charge in [0, 0.05) is 34.2 Å². The van der Waals surface area contributed by atoms with Crippen LogP contribution in [0.1, 0.15) is 1.43 Å². The van der Waals surface area contributed by atoms with Crippen molar-refractivity contribution >= 4 is 0 Å². The Morgan fingerprint density at radius 1 is 1.50 bits per heavy atom. The van der Waals surface area contributed by atoms with Crippen LogP contribution >= 0.6 is 0 Å². The Balaban J connectivity index is -0.00000000167. The van der Waals surface area contributed by atoms with Crippen LogP contribution in [0.5, 0.6) is 0 Å². The Bertz CT molecular complexity index is 16.4. The molecule has 0 fully saturated rings. The summed E-state index contributed by atoms with van der Waals surface area (Å²) in [5.74, 6) is 0. The molecule has 0 spiro atoms. The molecule has 0 aromatic rings. The summed E-state index contributed by atoms with van der Waals surface area (Å²) in [6, 6.07) is 0. The molecule has 0 aliphatic rings. The third-order valence-electron chi connectivity index (χ3n) is 0. The van der Waals surface area contributed by atoms with E-state index in [0.717, 1.165) is 0 Å². The van der Waals surface area contributed by atoms with E-state index in [1.165, 1.54) is 0 Å². The summed E-state index contributed by atoms with van der Waals surface area (Å²) in [5.41, 5.74) is 0. The Hall–Kier alpha value is 2.06. The van der Waals surface area contributed by atoms with Crippen LogP contribution in [0.25, 0.3) is 0 Å². The average molecular weight is 268 g/mol. The second-order valence-electron chi connectivity index (χ2n) is 0. The molecule has 0 heterocycles. The summed E-state index contributed by atoms with van der Waals surface area (Å²) in [7, 11) is 0. The summed E-state index contributed by atoms with van der Waals surface area (Å²) < 4.78 is 0. The first-order valence-corrected chi connectivity index (χ1v) is 0.258. The van der Waals surface area contributed by atoms with Crippen molar-refractivity contribution in [2.45, 2.75) is 0 Å².